The van der Waals surface area contributed by atoms with E-state index in [9.17, 15) is 9.59 Å². The Kier molecular flexibility index (Phi) is 5.33. The standard InChI is InChI=1S/C18H15IN2O3S/c1-2-10-20-16(22)14(11-13-8-9-15(19)24-13)17(23)21(18(20)25)12-6-4-3-5-7-12/h3-9,11H,2,10H2,1H3/b14-11+. The maximum absolute atomic E-state index is 13.0. The normalized spacial score (nSPS) is 16.9. The van der Waals surface area contributed by atoms with Crippen molar-refractivity contribution in [2.24, 2.45) is 0 Å². The highest BCUT2D eigenvalue weighted by Crippen LogP contribution is 2.26. The molecular formula is C18H15IN2O3S. The summed E-state index contributed by atoms with van der Waals surface area (Å²) in [6.07, 6.45) is 2.21. The number of amides is 2. The molecule has 1 aromatic carbocycles. The summed E-state index contributed by atoms with van der Waals surface area (Å²) >= 11 is 7.46. The molecule has 1 aliphatic heterocycles. The van der Waals surface area contributed by atoms with E-state index in [0.717, 1.165) is 6.42 Å². The number of hydrogen-bond acceptors (Lipinski definition) is 4. The summed E-state index contributed by atoms with van der Waals surface area (Å²) in [4.78, 5) is 28.6. The zero-order valence-corrected chi connectivity index (χ0v) is 16.4. The Morgan fingerprint density at radius 3 is 2.44 bits per heavy atom. The second-order valence-corrected chi connectivity index (χ2v) is 6.84. The Morgan fingerprint density at radius 1 is 1.12 bits per heavy atom. The number of rotatable bonds is 4. The van der Waals surface area contributed by atoms with Crippen molar-refractivity contribution in [3.63, 3.8) is 0 Å². The number of carbonyl (C=O) groups excluding carboxylic acids is 2. The van der Waals surface area contributed by atoms with Gasteiger partial charge in [0.05, 0.1) is 5.69 Å². The fourth-order valence-electron chi connectivity index (χ4n) is 2.55. The monoisotopic (exact) mass is 466 g/mol. The van der Waals surface area contributed by atoms with Crippen LogP contribution in [0.15, 0.2) is 52.5 Å². The van der Waals surface area contributed by atoms with Gasteiger partial charge in [-0.05, 0) is 71.6 Å². The van der Waals surface area contributed by atoms with Crippen LogP contribution in [0.25, 0.3) is 6.08 Å². The Morgan fingerprint density at radius 2 is 1.84 bits per heavy atom. The van der Waals surface area contributed by atoms with E-state index in [4.69, 9.17) is 16.6 Å². The Hall–Kier alpha value is -2.00. The largest absolute Gasteiger partial charge is 0.451 e. The molecule has 0 N–H and O–H groups in total. The fraction of sp³-hybridized carbons (Fsp3) is 0.167. The second kappa shape index (κ2) is 7.49. The number of halogens is 1. The van der Waals surface area contributed by atoms with Gasteiger partial charge >= 0.3 is 0 Å². The van der Waals surface area contributed by atoms with Gasteiger partial charge in [-0.3, -0.25) is 19.4 Å². The molecule has 0 unspecified atom stereocenters. The first kappa shape index (κ1) is 17.8. The Balaban J connectivity index is 2.08. The van der Waals surface area contributed by atoms with Crippen molar-refractivity contribution in [1.29, 1.82) is 0 Å². The van der Waals surface area contributed by atoms with Gasteiger partial charge in [0.1, 0.15) is 11.3 Å². The highest BCUT2D eigenvalue weighted by molar-refractivity contribution is 14.1. The first-order valence-electron chi connectivity index (χ1n) is 7.75. The van der Waals surface area contributed by atoms with Gasteiger partial charge in [-0.25, -0.2) is 0 Å². The molecule has 1 aliphatic rings. The van der Waals surface area contributed by atoms with Gasteiger partial charge < -0.3 is 4.42 Å². The minimum Gasteiger partial charge on any atom is -0.451 e. The smallest absolute Gasteiger partial charge is 0.270 e. The van der Waals surface area contributed by atoms with E-state index in [0.29, 0.717) is 21.8 Å². The maximum Gasteiger partial charge on any atom is 0.270 e. The van der Waals surface area contributed by atoms with Crippen LogP contribution in [-0.2, 0) is 9.59 Å². The number of thiocarbonyl (C=S) groups is 1. The van der Waals surface area contributed by atoms with Crippen molar-refractivity contribution in [2.75, 3.05) is 11.4 Å². The van der Waals surface area contributed by atoms with E-state index in [1.165, 1.54) is 15.9 Å². The molecule has 3 rings (SSSR count). The summed E-state index contributed by atoms with van der Waals surface area (Å²) in [6.45, 7) is 2.40. The summed E-state index contributed by atoms with van der Waals surface area (Å²) in [5.74, 6) is -0.381. The molecule has 25 heavy (non-hydrogen) atoms. The zero-order chi connectivity index (χ0) is 18.0. The van der Waals surface area contributed by atoms with E-state index >= 15 is 0 Å². The average Bonchev–Trinajstić information content (AvgIpc) is 3.02. The SMILES string of the molecule is CCCN1C(=O)/C(=C\c2ccc(I)o2)C(=O)N(c2ccccc2)C1=S. The van der Waals surface area contributed by atoms with E-state index in [1.807, 2.05) is 47.7 Å². The van der Waals surface area contributed by atoms with Gasteiger partial charge in [0.25, 0.3) is 11.8 Å². The molecule has 5 nitrogen and oxygen atoms in total. The third kappa shape index (κ3) is 3.52. The lowest BCUT2D eigenvalue weighted by atomic mass is 10.1. The molecular weight excluding hydrogens is 451 g/mol. The number of benzene rings is 1. The van der Waals surface area contributed by atoms with Crippen LogP contribution >= 0.6 is 34.8 Å². The van der Waals surface area contributed by atoms with Crippen molar-refractivity contribution in [3.05, 3.63) is 57.6 Å². The van der Waals surface area contributed by atoms with E-state index in [-0.39, 0.29) is 10.7 Å². The van der Waals surface area contributed by atoms with Crippen molar-refractivity contribution in [1.82, 2.24) is 4.90 Å². The van der Waals surface area contributed by atoms with Gasteiger partial charge in [-0.1, -0.05) is 25.1 Å². The van der Waals surface area contributed by atoms with Crippen LogP contribution in [0.1, 0.15) is 19.1 Å². The van der Waals surface area contributed by atoms with Crippen LogP contribution in [0.2, 0.25) is 0 Å². The van der Waals surface area contributed by atoms with Crippen molar-refractivity contribution >= 4 is 63.5 Å². The minimum absolute atomic E-state index is 0.0386. The minimum atomic E-state index is -0.444. The first-order valence-corrected chi connectivity index (χ1v) is 9.24. The molecule has 0 aliphatic carbocycles. The van der Waals surface area contributed by atoms with Crippen molar-refractivity contribution in [2.45, 2.75) is 13.3 Å². The number of para-hydroxylation sites is 1. The Bertz CT molecular complexity index is 860. The predicted molar refractivity (Wildman–Crippen MR) is 108 cm³/mol. The molecule has 2 heterocycles. The first-order chi connectivity index (χ1) is 12.0. The fourth-order valence-corrected chi connectivity index (χ4v) is 3.35. The van der Waals surface area contributed by atoms with Crippen LogP contribution in [0.5, 0.6) is 0 Å². The molecule has 128 valence electrons. The van der Waals surface area contributed by atoms with Gasteiger partial charge in [-0.15, -0.1) is 0 Å². The van der Waals surface area contributed by atoms with Crippen molar-refractivity contribution in [3.8, 4) is 0 Å². The number of anilines is 1. The summed E-state index contributed by atoms with van der Waals surface area (Å²) < 4.78 is 6.16. The van der Waals surface area contributed by atoms with Crippen LogP contribution in [0.3, 0.4) is 0 Å². The van der Waals surface area contributed by atoms with E-state index < -0.39 is 11.8 Å². The zero-order valence-electron chi connectivity index (χ0n) is 13.4. The summed E-state index contributed by atoms with van der Waals surface area (Å²) in [5.41, 5.74) is 0.669. The molecule has 7 heteroatoms. The summed E-state index contributed by atoms with van der Waals surface area (Å²) in [5, 5.41) is 0.203. The molecule has 1 saturated heterocycles. The number of furan rings is 1. The predicted octanol–water partition coefficient (Wildman–Crippen LogP) is 3.84. The topological polar surface area (TPSA) is 53.8 Å². The van der Waals surface area contributed by atoms with Gasteiger partial charge in [0, 0.05) is 6.54 Å². The van der Waals surface area contributed by atoms with Crippen LogP contribution in [0.4, 0.5) is 5.69 Å². The highest BCUT2D eigenvalue weighted by Gasteiger charge is 2.40. The summed E-state index contributed by atoms with van der Waals surface area (Å²) in [6, 6.07) is 12.6. The van der Waals surface area contributed by atoms with Crippen LogP contribution in [-0.4, -0.2) is 28.4 Å². The lowest BCUT2D eigenvalue weighted by molar-refractivity contribution is -0.127. The van der Waals surface area contributed by atoms with Crippen LogP contribution in [0, 0.1) is 3.77 Å². The lowest BCUT2D eigenvalue weighted by Crippen LogP contribution is -2.56. The van der Waals surface area contributed by atoms with Gasteiger partial charge in [0.15, 0.2) is 8.88 Å². The number of hydrogen-bond donors (Lipinski definition) is 0. The molecule has 2 amide bonds. The third-order valence-electron chi connectivity index (χ3n) is 3.67. The molecule has 0 atom stereocenters. The summed E-state index contributed by atoms with van der Waals surface area (Å²) in [7, 11) is 0. The van der Waals surface area contributed by atoms with E-state index in [1.54, 1.807) is 24.3 Å². The lowest BCUT2D eigenvalue weighted by Gasteiger charge is -2.36. The maximum atomic E-state index is 13.0. The van der Waals surface area contributed by atoms with Crippen LogP contribution < -0.4 is 4.90 Å². The highest BCUT2D eigenvalue weighted by atomic mass is 127. The molecule has 0 radical (unpaired) electrons. The number of nitrogens with zero attached hydrogens (tertiary/aromatic N) is 2. The van der Waals surface area contributed by atoms with Gasteiger partial charge in [0.2, 0.25) is 0 Å². The quantitative estimate of drug-likeness (QED) is 0.298. The van der Waals surface area contributed by atoms with Crippen molar-refractivity contribution < 1.29 is 14.0 Å². The second-order valence-electron chi connectivity index (χ2n) is 5.42. The molecule has 0 bridgehead atoms. The average molecular weight is 466 g/mol. The molecule has 1 fully saturated rings. The molecule has 0 saturated carbocycles. The van der Waals surface area contributed by atoms with Gasteiger partial charge in [-0.2, -0.15) is 0 Å². The molecule has 0 spiro atoms. The third-order valence-corrected chi connectivity index (χ3v) is 4.66. The van der Waals surface area contributed by atoms with E-state index in [2.05, 4.69) is 0 Å². The molecule has 1 aromatic heterocycles. The Labute approximate surface area is 164 Å². The number of carbonyl (C=O) groups is 2. The molecule has 2 aromatic rings.